The average Bonchev–Trinajstić information content (AvgIpc) is 2.85. The van der Waals surface area contributed by atoms with Crippen LogP contribution < -0.4 is 5.32 Å². The molecule has 1 aromatic heterocycles. The first-order valence-corrected chi connectivity index (χ1v) is 8.33. The van der Waals surface area contributed by atoms with Crippen molar-refractivity contribution in [3.8, 4) is 0 Å². The van der Waals surface area contributed by atoms with Crippen LogP contribution in [0.25, 0.3) is 0 Å². The second-order valence-corrected chi connectivity index (χ2v) is 6.91. The van der Waals surface area contributed by atoms with Gasteiger partial charge in [0.25, 0.3) is 0 Å². The summed E-state index contributed by atoms with van der Waals surface area (Å²) in [5, 5.41) is 8.06. The Labute approximate surface area is 124 Å². The lowest BCUT2D eigenvalue weighted by atomic mass is 9.72. The molecule has 0 spiro atoms. The first kappa shape index (κ1) is 15.6. The van der Waals surface area contributed by atoms with E-state index in [0.717, 1.165) is 24.3 Å². The molecule has 0 radical (unpaired) electrons. The second-order valence-electron chi connectivity index (χ2n) is 6.91. The van der Waals surface area contributed by atoms with Crippen LogP contribution >= 0.6 is 0 Å². The van der Waals surface area contributed by atoms with Crippen molar-refractivity contribution in [3.63, 3.8) is 0 Å². The zero-order chi connectivity index (χ0) is 14.5. The quantitative estimate of drug-likeness (QED) is 0.862. The van der Waals surface area contributed by atoms with E-state index in [0.29, 0.717) is 6.04 Å². The molecular formula is C17H31N3. The Balaban J connectivity index is 1.96. The van der Waals surface area contributed by atoms with Gasteiger partial charge in [-0.1, -0.05) is 27.2 Å². The molecule has 0 aromatic carbocycles. The van der Waals surface area contributed by atoms with Crippen LogP contribution in [0.5, 0.6) is 0 Å². The predicted octanol–water partition coefficient (Wildman–Crippen LogP) is 3.50. The molecule has 3 atom stereocenters. The van der Waals surface area contributed by atoms with Crippen molar-refractivity contribution in [2.75, 3.05) is 6.54 Å². The highest BCUT2D eigenvalue weighted by Gasteiger charge is 2.28. The lowest BCUT2D eigenvalue weighted by Gasteiger charge is -2.35. The van der Waals surface area contributed by atoms with Gasteiger partial charge in [0.05, 0.1) is 6.20 Å². The Bertz CT molecular complexity index is 397. The SMILES string of the molecule is CCn1cc(CC2CC(C)CCC2CNC(C)C)cn1. The van der Waals surface area contributed by atoms with Gasteiger partial charge in [-0.05, 0) is 56.0 Å². The van der Waals surface area contributed by atoms with Crippen LogP contribution in [0, 0.1) is 17.8 Å². The van der Waals surface area contributed by atoms with Gasteiger partial charge in [0.1, 0.15) is 0 Å². The number of nitrogens with zero attached hydrogens (tertiary/aromatic N) is 2. The number of aromatic nitrogens is 2. The molecule has 3 heteroatoms. The molecular weight excluding hydrogens is 246 g/mol. The molecule has 114 valence electrons. The molecule has 1 saturated carbocycles. The lowest BCUT2D eigenvalue weighted by molar-refractivity contribution is 0.181. The molecule has 0 bridgehead atoms. The fraction of sp³-hybridized carbons (Fsp3) is 0.824. The normalized spacial score (nSPS) is 27.1. The van der Waals surface area contributed by atoms with Crippen molar-refractivity contribution < 1.29 is 0 Å². The topological polar surface area (TPSA) is 29.9 Å². The summed E-state index contributed by atoms with van der Waals surface area (Å²) in [5.74, 6) is 2.54. The highest BCUT2D eigenvalue weighted by molar-refractivity contribution is 5.06. The maximum Gasteiger partial charge on any atom is 0.0521 e. The van der Waals surface area contributed by atoms with Crippen molar-refractivity contribution in [3.05, 3.63) is 18.0 Å². The van der Waals surface area contributed by atoms with Crippen LogP contribution in [-0.4, -0.2) is 22.4 Å². The zero-order valence-electron chi connectivity index (χ0n) is 13.6. The first-order valence-electron chi connectivity index (χ1n) is 8.33. The molecule has 1 heterocycles. The summed E-state index contributed by atoms with van der Waals surface area (Å²) in [6.45, 7) is 11.2. The van der Waals surface area contributed by atoms with Gasteiger partial charge in [-0.3, -0.25) is 4.68 Å². The molecule has 0 amide bonds. The third-order valence-electron chi connectivity index (χ3n) is 4.70. The maximum atomic E-state index is 4.42. The number of hydrogen-bond donors (Lipinski definition) is 1. The van der Waals surface area contributed by atoms with Crippen molar-refractivity contribution in [1.82, 2.24) is 15.1 Å². The number of hydrogen-bond acceptors (Lipinski definition) is 2. The van der Waals surface area contributed by atoms with Crippen molar-refractivity contribution in [2.45, 2.75) is 66.0 Å². The van der Waals surface area contributed by atoms with Gasteiger partial charge in [-0.2, -0.15) is 5.10 Å². The van der Waals surface area contributed by atoms with Gasteiger partial charge >= 0.3 is 0 Å². The van der Waals surface area contributed by atoms with Crippen molar-refractivity contribution >= 4 is 0 Å². The van der Waals surface area contributed by atoms with E-state index in [9.17, 15) is 0 Å². The van der Waals surface area contributed by atoms with Gasteiger partial charge in [0.2, 0.25) is 0 Å². The predicted molar refractivity (Wildman–Crippen MR) is 84.7 cm³/mol. The summed E-state index contributed by atoms with van der Waals surface area (Å²) in [4.78, 5) is 0. The Kier molecular flexibility index (Phi) is 5.64. The van der Waals surface area contributed by atoms with Crippen molar-refractivity contribution in [1.29, 1.82) is 0 Å². The largest absolute Gasteiger partial charge is 0.314 e. The number of rotatable bonds is 6. The molecule has 1 aromatic rings. The minimum atomic E-state index is 0.595. The van der Waals surface area contributed by atoms with E-state index in [4.69, 9.17) is 0 Å². The van der Waals surface area contributed by atoms with E-state index in [-0.39, 0.29) is 0 Å². The summed E-state index contributed by atoms with van der Waals surface area (Å²) >= 11 is 0. The molecule has 0 saturated heterocycles. The van der Waals surface area contributed by atoms with Gasteiger partial charge in [-0.15, -0.1) is 0 Å². The summed E-state index contributed by atoms with van der Waals surface area (Å²) in [5.41, 5.74) is 1.42. The smallest absolute Gasteiger partial charge is 0.0521 e. The molecule has 2 rings (SSSR count). The summed E-state index contributed by atoms with van der Waals surface area (Å²) in [7, 11) is 0. The second kappa shape index (κ2) is 7.26. The minimum absolute atomic E-state index is 0.595. The van der Waals surface area contributed by atoms with Crippen molar-refractivity contribution in [2.24, 2.45) is 17.8 Å². The van der Waals surface area contributed by atoms with Crippen LogP contribution in [0.2, 0.25) is 0 Å². The van der Waals surface area contributed by atoms with Crippen LogP contribution in [0.15, 0.2) is 12.4 Å². The third-order valence-corrected chi connectivity index (χ3v) is 4.70. The Morgan fingerprint density at radius 2 is 2.15 bits per heavy atom. The van der Waals surface area contributed by atoms with Gasteiger partial charge in [0.15, 0.2) is 0 Å². The highest BCUT2D eigenvalue weighted by atomic mass is 15.3. The minimum Gasteiger partial charge on any atom is -0.314 e. The Hall–Kier alpha value is -0.830. The van der Waals surface area contributed by atoms with Crippen LogP contribution in [0.3, 0.4) is 0 Å². The van der Waals surface area contributed by atoms with Crippen LogP contribution in [0.4, 0.5) is 0 Å². The fourth-order valence-electron chi connectivity index (χ4n) is 3.45. The Morgan fingerprint density at radius 1 is 1.35 bits per heavy atom. The van der Waals surface area contributed by atoms with Gasteiger partial charge in [0, 0.05) is 18.8 Å². The summed E-state index contributed by atoms with van der Waals surface area (Å²) in [6, 6.07) is 0.595. The molecule has 3 nitrogen and oxygen atoms in total. The third kappa shape index (κ3) is 4.34. The zero-order valence-corrected chi connectivity index (χ0v) is 13.6. The molecule has 1 aliphatic carbocycles. The van der Waals surface area contributed by atoms with Gasteiger partial charge in [-0.25, -0.2) is 0 Å². The van der Waals surface area contributed by atoms with Gasteiger partial charge < -0.3 is 5.32 Å². The van der Waals surface area contributed by atoms with Crippen LogP contribution in [-0.2, 0) is 13.0 Å². The van der Waals surface area contributed by atoms with E-state index < -0.39 is 0 Å². The van der Waals surface area contributed by atoms with E-state index in [1.807, 2.05) is 4.68 Å². The average molecular weight is 277 g/mol. The number of aryl methyl sites for hydroxylation is 1. The number of nitrogens with one attached hydrogen (secondary N) is 1. The monoisotopic (exact) mass is 277 g/mol. The maximum absolute atomic E-state index is 4.42. The first-order chi connectivity index (χ1) is 9.58. The molecule has 1 aliphatic rings. The van der Waals surface area contributed by atoms with Crippen LogP contribution in [0.1, 0.15) is 52.5 Å². The highest BCUT2D eigenvalue weighted by Crippen LogP contribution is 2.35. The molecule has 1 N–H and O–H groups in total. The van der Waals surface area contributed by atoms with E-state index in [1.165, 1.54) is 37.8 Å². The van der Waals surface area contributed by atoms with E-state index >= 15 is 0 Å². The fourth-order valence-corrected chi connectivity index (χ4v) is 3.45. The van der Waals surface area contributed by atoms with E-state index in [2.05, 4.69) is 50.5 Å². The molecule has 0 aliphatic heterocycles. The Morgan fingerprint density at radius 3 is 2.80 bits per heavy atom. The molecule has 1 fully saturated rings. The standard InChI is InChI=1S/C17H31N3/c1-5-20-12-15(10-19-20)9-17-8-14(4)6-7-16(17)11-18-13(2)3/h10,12-14,16-18H,5-9,11H2,1-4H3. The summed E-state index contributed by atoms with van der Waals surface area (Å²) in [6.07, 6.45) is 9.65. The van der Waals surface area contributed by atoms with E-state index in [1.54, 1.807) is 0 Å². The summed E-state index contributed by atoms with van der Waals surface area (Å²) < 4.78 is 2.04. The molecule has 3 unspecified atom stereocenters. The molecule has 20 heavy (non-hydrogen) atoms. The lowest BCUT2D eigenvalue weighted by Crippen LogP contribution is -2.36.